The Hall–Kier alpha value is -2.32. The number of ether oxygens (including phenoxy) is 2. The van der Waals surface area contributed by atoms with Crippen LogP contribution in [0.2, 0.25) is 0 Å². The van der Waals surface area contributed by atoms with Crippen molar-refractivity contribution >= 4 is 39.2 Å². The zero-order valence-corrected chi connectivity index (χ0v) is 17.5. The third-order valence-corrected chi connectivity index (χ3v) is 7.42. The normalized spacial score (nSPS) is 15.2. The lowest BCUT2D eigenvalue weighted by Crippen LogP contribution is -2.24. The fourth-order valence-electron chi connectivity index (χ4n) is 3.78. The molecule has 1 aromatic carbocycles. The number of carbonyl (C=O) groups excluding carboxylic acids is 1. The number of hydrogen-bond donors (Lipinski definition) is 1. The van der Waals surface area contributed by atoms with Crippen molar-refractivity contribution in [2.75, 3.05) is 12.5 Å². The van der Waals surface area contributed by atoms with Crippen LogP contribution in [0.3, 0.4) is 0 Å². The monoisotopic (exact) mass is 427 g/mol. The summed E-state index contributed by atoms with van der Waals surface area (Å²) in [6.45, 7) is 0.713. The van der Waals surface area contributed by atoms with E-state index in [0.717, 1.165) is 39.8 Å². The fourth-order valence-corrected chi connectivity index (χ4v) is 5.93. The van der Waals surface area contributed by atoms with E-state index in [-0.39, 0.29) is 12.7 Å². The van der Waals surface area contributed by atoms with Crippen molar-refractivity contribution in [2.24, 2.45) is 0 Å². The first-order valence-electron chi connectivity index (χ1n) is 9.81. The molecule has 150 valence electrons. The first-order valence-corrected chi connectivity index (χ1v) is 11.6. The van der Waals surface area contributed by atoms with Gasteiger partial charge in [0.15, 0.2) is 11.5 Å². The molecule has 0 fully saturated rings. The van der Waals surface area contributed by atoms with E-state index in [1.54, 1.807) is 17.7 Å². The Morgan fingerprint density at radius 3 is 3.00 bits per heavy atom. The summed E-state index contributed by atoms with van der Waals surface area (Å²) in [6, 6.07) is 5.72. The highest BCUT2D eigenvalue weighted by molar-refractivity contribution is 8.00. The van der Waals surface area contributed by atoms with Crippen LogP contribution in [0.25, 0.3) is 10.2 Å². The summed E-state index contributed by atoms with van der Waals surface area (Å²) >= 11 is 3.29. The highest BCUT2D eigenvalue weighted by Gasteiger charge is 2.20. The molecule has 1 amide bonds. The lowest BCUT2D eigenvalue weighted by Gasteiger charge is -2.07. The highest BCUT2D eigenvalue weighted by atomic mass is 32.2. The van der Waals surface area contributed by atoms with Crippen LogP contribution in [0.15, 0.2) is 29.6 Å². The van der Waals surface area contributed by atoms with Crippen LogP contribution in [0.5, 0.6) is 11.5 Å². The molecule has 1 N–H and O–H groups in total. The molecule has 0 spiro atoms. The summed E-state index contributed by atoms with van der Waals surface area (Å²) in [5.74, 6) is 1.80. The van der Waals surface area contributed by atoms with Crippen LogP contribution in [-0.4, -0.2) is 28.4 Å². The minimum Gasteiger partial charge on any atom is -0.454 e. The predicted octanol–water partition coefficient (Wildman–Crippen LogP) is 4.10. The molecule has 1 aliphatic heterocycles. The van der Waals surface area contributed by atoms with Gasteiger partial charge in [-0.1, -0.05) is 24.2 Å². The van der Waals surface area contributed by atoms with Gasteiger partial charge in [0.2, 0.25) is 12.7 Å². The molecule has 0 saturated carbocycles. The molecule has 0 unspecified atom stereocenters. The van der Waals surface area contributed by atoms with Gasteiger partial charge >= 0.3 is 0 Å². The van der Waals surface area contributed by atoms with E-state index in [1.807, 2.05) is 18.2 Å². The SMILES string of the molecule is O=C(CSc1ncnc2sc3c(c12)CCCCC3)NCc1ccc2c(c1)OCO2. The summed E-state index contributed by atoms with van der Waals surface area (Å²) in [4.78, 5) is 23.9. The van der Waals surface area contributed by atoms with Gasteiger partial charge in [0, 0.05) is 16.8 Å². The van der Waals surface area contributed by atoms with Crippen molar-refractivity contribution in [3.05, 3.63) is 40.5 Å². The number of fused-ring (bicyclic) bond motifs is 4. The Morgan fingerprint density at radius 2 is 2.03 bits per heavy atom. The predicted molar refractivity (Wildman–Crippen MR) is 114 cm³/mol. The van der Waals surface area contributed by atoms with E-state index >= 15 is 0 Å². The van der Waals surface area contributed by atoms with Gasteiger partial charge < -0.3 is 14.8 Å². The number of amides is 1. The van der Waals surface area contributed by atoms with Gasteiger partial charge in [-0.25, -0.2) is 9.97 Å². The van der Waals surface area contributed by atoms with E-state index < -0.39 is 0 Å². The second-order valence-electron chi connectivity index (χ2n) is 7.18. The molecule has 2 aromatic heterocycles. The molecular formula is C21H21N3O3S2. The number of thioether (sulfide) groups is 1. The van der Waals surface area contributed by atoms with Crippen LogP contribution in [0, 0.1) is 0 Å². The maximum absolute atomic E-state index is 12.4. The summed E-state index contributed by atoms with van der Waals surface area (Å²) in [5.41, 5.74) is 2.39. The summed E-state index contributed by atoms with van der Waals surface area (Å²) in [7, 11) is 0. The molecule has 1 aliphatic carbocycles. The fraction of sp³-hybridized carbons (Fsp3) is 0.381. The number of nitrogens with zero attached hydrogens (tertiary/aromatic N) is 2. The van der Waals surface area contributed by atoms with E-state index in [9.17, 15) is 4.79 Å². The number of thiophene rings is 1. The second-order valence-corrected chi connectivity index (χ2v) is 9.22. The second kappa shape index (κ2) is 8.20. The van der Waals surface area contributed by atoms with Gasteiger partial charge in [0.1, 0.15) is 16.2 Å². The Kier molecular flexibility index (Phi) is 5.28. The van der Waals surface area contributed by atoms with E-state index in [2.05, 4.69) is 15.3 Å². The quantitative estimate of drug-likeness (QED) is 0.375. The van der Waals surface area contributed by atoms with Crippen molar-refractivity contribution < 1.29 is 14.3 Å². The zero-order valence-electron chi connectivity index (χ0n) is 15.9. The van der Waals surface area contributed by atoms with Gasteiger partial charge in [-0.05, 0) is 48.9 Å². The Labute approximate surface area is 177 Å². The number of benzene rings is 1. The van der Waals surface area contributed by atoms with Crippen LogP contribution in [0.4, 0.5) is 0 Å². The maximum atomic E-state index is 12.4. The van der Waals surface area contributed by atoms with E-state index in [4.69, 9.17) is 9.47 Å². The molecule has 3 heterocycles. The van der Waals surface area contributed by atoms with Crippen LogP contribution in [-0.2, 0) is 24.2 Å². The lowest BCUT2D eigenvalue weighted by atomic mass is 10.1. The standard InChI is InChI=1S/C21H21N3O3S2/c25-18(22-9-13-6-7-15-16(8-13)27-12-26-15)10-28-20-19-14-4-2-1-3-5-17(14)29-21(19)24-11-23-20/h6-8,11H,1-5,9-10,12H2,(H,22,25). The molecule has 0 saturated heterocycles. The van der Waals surface area contributed by atoms with E-state index in [0.29, 0.717) is 12.3 Å². The zero-order chi connectivity index (χ0) is 19.6. The number of nitrogens with one attached hydrogen (secondary N) is 1. The Balaban J connectivity index is 1.24. The Bertz CT molecular complexity index is 1070. The van der Waals surface area contributed by atoms with Gasteiger partial charge in [-0.15, -0.1) is 11.3 Å². The average Bonchev–Trinajstić information content (AvgIpc) is 3.28. The highest BCUT2D eigenvalue weighted by Crippen LogP contribution is 2.38. The Morgan fingerprint density at radius 1 is 1.14 bits per heavy atom. The average molecular weight is 428 g/mol. The van der Waals surface area contributed by atoms with Gasteiger partial charge in [-0.2, -0.15) is 0 Å². The molecule has 8 heteroatoms. The van der Waals surface area contributed by atoms with Crippen molar-refractivity contribution in [2.45, 2.75) is 43.7 Å². The van der Waals surface area contributed by atoms with Gasteiger partial charge in [-0.3, -0.25) is 4.79 Å². The number of rotatable bonds is 5. The minimum absolute atomic E-state index is 0.0132. The maximum Gasteiger partial charge on any atom is 0.231 e. The molecule has 2 aliphatic rings. The first-order chi connectivity index (χ1) is 14.3. The van der Waals surface area contributed by atoms with Crippen molar-refractivity contribution in [3.8, 4) is 11.5 Å². The lowest BCUT2D eigenvalue weighted by molar-refractivity contribution is -0.118. The number of aryl methyl sites for hydroxylation is 2. The molecule has 3 aromatic rings. The molecule has 0 radical (unpaired) electrons. The summed E-state index contributed by atoms with van der Waals surface area (Å²) in [5, 5.41) is 5.07. The van der Waals surface area contributed by atoms with E-state index in [1.165, 1.54) is 46.9 Å². The largest absolute Gasteiger partial charge is 0.454 e. The minimum atomic E-state index is -0.0132. The summed E-state index contributed by atoms with van der Waals surface area (Å²) in [6.07, 6.45) is 7.58. The first kappa shape index (κ1) is 18.7. The van der Waals surface area contributed by atoms with Crippen molar-refractivity contribution in [1.29, 1.82) is 0 Å². The van der Waals surface area contributed by atoms with Crippen LogP contribution >= 0.6 is 23.1 Å². The van der Waals surface area contributed by atoms with Crippen LogP contribution < -0.4 is 14.8 Å². The van der Waals surface area contributed by atoms with Crippen molar-refractivity contribution in [1.82, 2.24) is 15.3 Å². The van der Waals surface area contributed by atoms with Crippen LogP contribution in [0.1, 0.15) is 35.3 Å². The topological polar surface area (TPSA) is 73.3 Å². The molecule has 29 heavy (non-hydrogen) atoms. The summed E-state index contributed by atoms with van der Waals surface area (Å²) < 4.78 is 10.7. The van der Waals surface area contributed by atoms with Crippen molar-refractivity contribution in [3.63, 3.8) is 0 Å². The molecular weight excluding hydrogens is 406 g/mol. The molecule has 5 rings (SSSR count). The molecule has 6 nitrogen and oxygen atoms in total. The van der Waals surface area contributed by atoms with Gasteiger partial charge in [0.25, 0.3) is 0 Å². The number of carbonyl (C=O) groups is 1. The van der Waals surface area contributed by atoms with Gasteiger partial charge in [0.05, 0.1) is 5.75 Å². The number of hydrogen-bond acceptors (Lipinski definition) is 7. The third-order valence-electron chi connectivity index (χ3n) is 5.23. The third kappa shape index (κ3) is 3.91. The number of aromatic nitrogens is 2. The smallest absolute Gasteiger partial charge is 0.231 e. The molecule has 0 atom stereocenters. The molecule has 0 bridgehead atoms.